The standard InChI is InChI=1S/C25H26N2O2S/c1-17-9-8-12-19(15-17)26-24(29)23-20-13-6-3-7-14-21(20)30-25(23)27-22(28)16-18-10-4-2-5-11-18/h2,4-5,8-12,15H,3,6-7,13-14,16H2,1H3,(H,26,29)(H,27,28). The lowest BCUT2D eigenvalue weighted by molar-refractivity contribution is -0.115. The van der Waals surface area contributed by atoms with E-state index in [4.69, 9.17) is 0 Å². The number of carbonyl (C=O) groups excluding carboxylic acids is 2. The predicted molar refractivity (Wildman–Crippen MR) is 123 cm³/mol. The quantitative estimate of drug-likeness (QED) is 0.518. The van der Waals surface area contributed by atoms with Gasteiger partial charge in [-0.05, 0) is 61.4 Å². The molecule has 154 valence electrons. The van der Waals surface area contributed by atoms with Crippen molar-refractivity contribution in [2.75, 3.05) is 10.6 Å². The molecule has 1 aliphatic carbocycles. The second-order valence-corrected chi connectivity index (χ2v) is 8.91. The van der Waals surface area contributed by atoms with Crippen molar-refractivity contribution in [3.8, 4) is 0 Å². The normalized spacial score (nSPS) is 13.2. The summed E-state index contributed by atoms with van der Waals surface area (Å²) in [4.78, 5) is 27.2. The number of rotatable bonds is 5. The van der Waals surface area contributed by atoms with Crippen molar-refractivity contribution < 1.29 is 9.59 Å². The molecule has 0 fully saturated rings. The molecule has 1 heterocycles. The maximum atomic E-state index is 13.3. The first-order valence-corrected chi connectivity index (χ1v) is 11.3. The molecular weight excluding hydrogens is 392 g/mol. The van der Waals surface area contributed by atoms with E-state index in [2.05, 4.69) is 10.6 Å². The Kier molecular flexibility index (Phi) is 6.29. The van der Waals surface area contributed by atoms with Crippen LogP contribution in [-0.4, -0.2) is 11.8 Å². The summed E-state index contributed by atoms with van der Waals surface area (Å²) in [6, 6.07) is 17.4. The number of thiophene rings is 1. The summed E-state index contributed by atoms with van der Waals surface area (Å²) < 4.78 is 0. The molecule has 0 bridgehead atoms. The fourth-order valence-electron chi connectivity index (χ4n) is 3.94. The molecule has 5 heteroatoms. The zero-order chi connectivity index (χ0) is 20.9. The number of amides is 2. The third kappa shape index (κ3) is 4.79. The average molecular weight is 419 g/mol. The van der Waals surface area contributed by atoms with Crippen molar-refractivity contribution in [3.05, 3.63) is 81.7 Å². The van der Waals surface area contributed by atoms with Crippen LogP contribution in [0.4, 0.5) is 10.7 Å². The summed E-state index contributed by atoms with van der Waals surface area (Å²) >= 11 is 1.56. The zero-order valence-corrected chi connectivity index (χ0v) is 18.0. The monoisotopic (exact) mass is 418 g/mol. The number of hydrogen-bond acceptors (Lipinski definition) is 3. The van der Waals surface area contributed by atoms with Crippen LogP contribution in [0, 0.1) is 6.92 Å². The number of carbonyl (C=O) groups is 2. The van der Waals surface area contributed by atoms with Gasteiger partial charge < -0.3 is 10.6 Å². The Morgan fingerprint density at radius 1 is 0.933 bits per heavy atom. The molecule has 2 amide bonds. The summed E-state index contributed by atoms with van der Waals surface area (Å²) in [6.07, 6.45) is 5.53. The lowest BCUT2D eigenvalue weighted by atomic mass is 10.0. The minimum absolute atomic E-state index is 0.0952. The highest BCUT2D eigenvalue weighted by molar-refractivity contribution is 7.17. The van der Waals surface area contributed by atoms with Gasteiger partial charge in [0.15, 0.2) is 0 Å². The van der Waals surface area contributed by atoms with E-state index >= 15 is 0 Å². The van der Waals surface area contributed by atoms with Gasteiger partial charge in [-0.1, -0.05) is 48.9 Å². The van der Waals surface area contributed by atoms with Gasteiger partial charge in [-0.15, -0.1) is 11.3 Å². The Morgan fingerprint density at radius 2 is 1.73 bits per heavy atom. The number of aryl methyl sites for hydroxylation is 2. The molecular formula is C25H26N2O2S. The van der Waals surface area contributed by atoms with Gasteiger partial charge in [0, 0.05) is 10.6 Å². The molecule has 30 heavy (non-hydrogen) atoms. The highest BCUT2D eigenvalue weighted by Gasteiger charge is 2.26. The Hall–Kier alpha value is -2.92. The van der Waals surface area contributed by atoms with E-state index < -0.39 is 0 Å². The van der Waals surface area contributed by atoms with Gasteiger partial charge >= 0.3 is 0 Å². The third-order valence-electron chi connectivity index (χ3n) is 5.38. The molecule has 0 saturated heterocycles. The molecule has 0 saturated carbocycles. The fraction of sp³-hybridized carbons (Fsp3) is 0.280. The van der Waals surface area contributed by atoms with Crippen molar-refractivity contribution in [1.29, 1.82) is 0 Å². The van der Waals surface area contributed by atoms with E-state index in [1.54, 1.807) is 11.3 Å². The number of benzene rings is 2. The van der Waals surface area contributed by atoms with E-state index in [-0.39, 0.29) is 11.8 Å². The predicted octanol–water partition coefficient (Wildman–Crippen LogP) is 5.76. The van der Waals surface area contributed by atoms with Crippen molar-refractivity contribution in [3.63, 3.8) is 0 Å². The highest BCUT2D eigenvalue weighted by Crippen LogP contribution is 2.38. The molecule has 2 aromatic carbocycles. The van der Waals surface area contributed by atoms with Crippen molar-refractivity contribution in [2.45, 2.75) is 45.4 Å². The van der Waals surface area contributed by atoms with Crippen LogP contribution in [-0.2, 0) is 24.1 Å². The fourth-order valence-corrected chi connectivity index (χ4v) is 5.24. The first kappa shape index (κ1) is 20.4. The third-order valence-corrected chi connectivity index (χ3v) is 6.59. The molecule has 0 atom stereocenters. The lowest BCUT2D eigenvalue weighted by Crippen LogP contribution is -2.19. The molecule has 0 spiro atoms. The SMILES string of the molecule is Cc1cccc(NC(=O)c2c(NC(=O)Cc3ccccc3)sc3c2CCCCC3)c1. The minimum atomic E-state index is -0.144. The van der Waals surface area contributed by atoms with Gasteiger partial charge in [-0.25, -0.2) is 0 Å². The summed E-state index contributed by atoms with van der Waals surface area (Å²) in [7, 11) is 0. The highest BCUT2D eigenvalue weighted by atomic mass is 32.1. The van der Waals surface area contributed by atoms with Gasteiger partial charge in [0.1, 0.15) is 5.00 Å². The van der Waals surface area contributed by atoms with Crippen LogP contribution in [0.3, 0.4) is 0 Å². The molecule has 4 rings (SSSR count). The Morgan fingerprint density at radius 3 is 2.53 bits per heavy atom. The molecule has 0 aliphatic heterocycles. The van der Waals surface area contributed by atoms with E-state index in [1.807, 2.05) is 61.5 Å². The van der Waals surface area contributed by atoms with Gasteiger partial charge in [-0.2, -0.15) is 0 Å². The molecule has 0 radical (unpaired) electrons. The van der Waals surface area contributed by atoms with Crippen LogP contribution >= 0.6 is 11.3 Å². The summed E-state index contributed by atoms with van der Waals surface area (Å²) in [5.41, 5.74) is 4.57. The van der Waals surface area contributed by atoms with Crippen molar-refractivity contribution in [1.82, 2.24) is 0 Å². The first-order chi connectivity index (χ1) is 14.6. The number of anilines is 2. The van der Waals surface area contributed by atoms with E-state index in [0.29, 0.717) is 17.0 Å². The van der Waals surface area contributed by atoms with Crippen molar-refractivity contribution >= 4 is 33.8 Å². The van der Waals surface area contributed by atoms with Crippen LogP contribution in [0.5, 0.6) is 0 Å². The van der Waals surface area contributed by atoms with Crippen LogP contribution in [0.15, 0.2) is 54.6 Å². The Labute approximate surface area is 181 Å². The smallest absolute Gasteiger partial charge is 0.258 e. The summed E-state index contributed by atoms with van der Waals surface area (Å²) in [6.45, 7) is 2.00. The van der Waals surface area contributed by atoms with Gasteiger partial charge in [0.05, 0.1) is 12.0 Å². The van der Waals surface area contributed by atoms with E-state index in [0.717, 1.165) is 48.1 Å². The number of hydrogen-bond donors (Lipinski definition) is 2. The van der Waals surface area contributed by atoms with Gasteiger partial charge in [-0.3, -0.25) is 9.59 Å². The maximum Gasteiger partial charge on any atom is 0.258 e. The Balaban J connectivity index is 1.61. The maximum absolute atomic E-state index is 13.3. The molecule has 3 aromatic rings. The second-order valence-electron chi connectivity index (χ2n) is 7.80. The molecule has 1 aliphatic rings. The van der Waals surface area contributed by atoms with Crippen LogP contribution in [0.1, 0.15) is 51.2 Å². The van der Waals surface area contributed by atoms with Gasteiger partial charge in [0.25, 0.3) is 5.91 Å². The van der Waals surface area contributed by atoms with E-state index in [9.17, 15) is 9.59 Å². The zero-order valence-electron chi connectivity index (χ0n) is 17.2. The summed E-state index contributed by atoms with van der Waals surface area (Å²) in [5, 5.41) is 6.74. The van der Waals surface area contributed by atoms with Gasteiger partial charge in [0.2, 0.25) is 5.91 Å². The lowest BCUT2D eigenvalue weighted by Gasteiger charge is -2.11. The first-order valence-electron chi connectivity index (χ1n) is 10.5. The minimum Gasteiger partial charge on any atom is -0.322 e. The largest absolute Gasteiger partial charge is 0.322 e. The van der Waals surface area contributed by atoms with Crippen LogP contribution in [0.2, 0.25) is 0 Å². The molecule has 2 N–H and O–H groups in total. The number of nitrogens with one attached hydrogen (secondary N) is 2. The molecule has 0 unspecified atom stereocenters. The molecule has 4 nitrogen and oxygen atoms in total. The topological polar surface area (TPSA) is 58.2 Å². The van der Waals surface area contributed by atoms with Crippen LogP contribution in [0.25, 0.3) is 0 Å². The van der Waals surface area contributed by atoms with E-state index in [1.165, 1.54) is 11.3 Å². The molecule has 1 aromatic heterocycles. The number of fused-ring (bicyclic) bond motifs is 1. The average Bonchev–Trinajstić information content (AvgIpc) is 2.89. The second kappa shape index (κ2) is 9.26. The summed E-state index contributed by atoms with van der Waals surface area (Å²) in [5.74, 6) is -0.239. The van der Waals surface area contributed by atoms with Crippen molar-refractivity contribution in [2.24, 2.45) is 0 Å². The van der Waals surface area contributed by atoms with Crippen LogP contribution < -0.4 is 10.6 Å². The Bertz CT molecular complexity index is 1060.